The molecule has 0 radical (unpaired) electrons. The first kappa shape index (κ1) is 20.0. The minimum absolute atomic E-state index is 0.0494. The predicted octanol–water partition coefficient (Wildman–Crippen LogP) is 5.16. The van der Waals surface area contributed by atoms with Gasteiger partial charge in [0.2, 0.25) is 0 Å². The lowest BCUT2D eigenvalue weighted by Gasteiger charge is -2.17. The molecule has 0 aromatic heterocycles. The van der Waals surface area contributed by atoms with E-state index in [1.807, 2.05) is 0 Å². The molecular weight excluding hydrogens is 381 g/mol. The van der Waals surface area contributed by atoms with Crippen LogP contribution in [0.3, 0.4) is 0 Å². The average Bonchev–Trinajstić information content (AvgIpc) is 2.55. The second-order valence-corrected chi connectivity index (χ2v) is 5.54. The number of anilines is 2. The number of hydrogen-bond acceptors (Lipinski definition) is 5. The maximum atomic E-state index is 14.2. The van der Waals surface area contributed by atoms with Crippen molar-refractivity contribution in [3.8, 4) is 0 Å². The molecule has 0 atom stereocenters. The number of nitrogens with one attached hydrogen (secondary N) is 1. The molecule has 0 saturated carbocycles. The van der Waals surface area contributed by atoms with Gasteiger partial charge in [-0.2, -0.15) is 13.2 Å². The first-order chi connectivity index (χ1) is 12.3. The lowest BCUT2D eigenvalue weighted by atomic mass is 10.1. The predicted molar refractivity (Wildman–Crippen MR) is 83.9 cm³/mol. The molecule has 7 nitrogen and oxygen atoms in total. The molecule has 0 aliphatic rings. The van der Waals surface area contributed by atoms with Crippen LogP contribution in [-0.2, 0) is 6.18 Å². The zero-order chi connectivity index (χ0) is 20.7. The molecule has 0 bridgehead atoms. The Kier molecular flexibility index (Phi) is 5.02. The molecule has 2 aromatic rings. The maximum Gasteiger partial charge on any atom is 0.418 e. The lowest BCUT2D eigenvalue weighted by molar-refractivity contribution is -0.394. The van der Waals surface area contributed by atoms with E-state index in [-0.39, 0.29) is 23.3 Å². The van der Waals surface area contributed by atoms with Crippen LogP contribution in [0.5, 0.6) is 0 Å². The van der Waals surface area contributed by atoms with Gasteiger partial charge < -0.3 is 5.32 Å². The van der Waals surface area contributed by atoms with Crippen LogP contribution in [0.2, 0.25) is 0 Å². The third kappa shape index (κ3) is 3.78. The molecule has 0 aliphatic carbocycles. The molecule has 0 unspecified atom stereocenters. The van der Waals surface area contributed by atoms with Crippen molar-refractivity contribution in [3.63, 3.8) is 0 Å². The second kappa shape index (κ2) is 6.78. The molecule has 0 saturated heterocycles. The summed E-state index contributed by atoms with van der Waals surface area (Å²) in [6, 6.07) is 1.43. The number of alkyl halides is 3. The van der Waals surface area contributed by atoms with E-state index in [1.54, 1.807) is 5.32 Å². The van der Waals surface area contributed by atoms with Gasteiger partial charge in [0.1, 0.15) is 11.4 Å². The Morgan fingerprint density at radius 1 is 0.889 bits per heavy atom. The summed E-state index contributed by atoms with van der Waals surface area (Å²) in [5, 5.41) is 23.7. The molecule has 27 heavy (non-hydrogen) atoms. The minimum Gasteiger partial charge on any atom is -0.345 e. The Hall–Kier alpha value is -3.31. The first-order valence-electron chi connectivity index (χ1n) is 7.10. The smallest absolute Gasteiger partial charge is 0.345 e. The highest BCUT2D eigenvalue weighted by atomic mass is 19.4. The quantitative estimate of drug-likeness (QED) is 0.441. The maximum absolute atomic E-state index is 14.2. The SMILES string of the molecule is Cc1cc(C)c(F)c(Nc2c([N+](=O)[O-])cc([N+](=O)[O-])cc2C(F)(F)F)c1F. The highest BCUT2D eigenvalue weighted by Crippen LogP contribution is 2.44. The van der Waals surface area contributed by atoms with Gasteiger partial charge in [-0.15, -0.1) is 0 Å². The molecule has 1 N–H and O–H groups in total. The summed E-state index contributed by atoms with van der Waals surface area (Å²) in [6.07, 6.45) is -5.27. The van der Waals surface area contributed by atoms with Gasteiger partial charge in [0.25, 0.3) is 11.4 Å². The van der Waals surface area contributed by atoms with Crippen LogP contribution >= 0.6 is 0 Å². The van der Waals surface area contributed by atoms with E-state index in [9.17, 15) is 42.2 Å². The summed E-state index contributed by atoms with van der Waals surface area (Å²) in [7, 11) is 0. The summed E-state index contributed by atoms with van der Waals surface area (Å²) in [6.45, 7) is 2.45. The van der Waals surface area contributed by atoms with Crippen molar-refractivity contribution in [1.82, 2.24) is 0 Å². The number of nitro groups is 2. The van der Waals surface area contributed by atoms with E-state index in [2.05, 4.69) is 0 Å². The molecule has 0 amide bonds. The van der Waals surface area contributed by atoms with Crippen LogP contribution in [0.15, 0.2) is 18.2 Å². The Morgan fingerprint density at radius 3 is 1.81 bits per heavy atom. The molecule has 2 rings (SSSR count). The fourth-order valence-corrected chi connectivity index (χ4v) is 2.39. The van der Waals surface area contributed by atoms with Gasteiger partial charge in [-0.1, -0.05) is 6.07 Å². The molecule has 0 aliphatic heterocycles. The van der Waals surface area contributed by atoms with Crippen molar-refractivity contribution in [3.05, 3.63) is 66.8 Å². The molecular formula is C15H10F5N3O4. The van der Waals surface area contributed by atoms with E-state index in [0.29, 0.717) is 0 Å². The Balaban J connectivity index is 2.84. The molecule has 0 spiro atoms. The van der Waals surface area contributed by atoms with Crippen molar-refractivity contribution in [1.29, 1.82) is 0 Å². The van der Waals surface area contributed by atoms with Crippen molar-refractivity contribution >= 4 is 22.7 Å². The van der Waals surface area contributed by atoms with Crippen LogP contribution in [0.1, 0.15) is 16.7 Å². The van der Waals surface area contributed by atoms with Gasteiger partial charge in [0.05, 0.1) is 21.5 Å². The molecule has 2 aromatic carbocycles. The zero-order valence-electron chi connectivity index (χ0n) is 13.6. The summed E-state index contributed by atoms with van der Waals surface area (Å²) >= 11 is 0. The largest absolute Gasteiger partial charge is 0.418 e. The normalized spacial score (nSPS) is 11.4. The number of rotatable bonds is 4. The van der Waals surface area contributed by atoms with Gasteiger partial charge >= 0.3 is 6.18 Å². The fraction of sp³-hybridized carbons (Fsp3) is 0.200. The number of hydrogen-bond donors (Lipinski definition) is 1. The topological polar surface area (TPSA) is 98.3 Å². The summed E-state index contributed by atoms with van der Waals surface area (Å²) in [5.74, 6) is -2.50. The highest BCUT2D eigenvalue weighted by Gasteiger charge is 2.40. The van der Waals surface area contributed by atoms with Crippen molar-refractivity contribution < 1.29 is 31.8 Å². The monoisotopic (exact) mass is 391 g/mol. The van der Waals surface area contributed by atoms with Gasteiger partial charge in [-0.05, 0) is 25.0 Å². The molecule has 0 heterocycles. The molecule has 0 fully saturated rings. The number of aryl methyl sites for hydroxylation is 2. The van der Waals surface area contributed by atoms with Crippen LogP contribution in [-0.4, -0.2) is 9.85 Å². The Labute approximate surface area is 147 Å². The average molecular weight is 391 g/mol. The van der Waals surface area contributed by atoms with E-state index in [0.717, 1.165) is 6.07 Å². The summed E-state index contributed by atoms with van der Waals surface area (Å²) in [5.41, 5.74) is -6.92. The van der Waals surface area contributed by atoms with E-state index >= 15 is 0 Å². The number of nitrogens with zero attached hydrogens (tertiary/aromatic N) is 2. The standard InChI is InChI=1S/C15H10F5N3O4/c1-6-3-7(2)12(17)14(11(6)16)21-13-9(15(18,19)20)4-8(22(24)25)5-10(13)23(26)27/h3-5,21H,1-2H3. The molecule has 144 valence electrons. The van der Waals surface area contributed by atoms with Crippen LogP contribution in [0, 0.1) is 45.7 Å². The van der Waals surface area contributed by atoms with Crippen molar-refractivity contribution in [2.45, 2.75) is 20.0 Å². The Bertz CT molecular complexity index is 933. The van der Waals surface area contributed by atoms with Crippen molar-refractivity contribution in [2.75, 3.05) is 5.32 Å². The third-order valence-corrected chi connectivity index (χ3v) is 3.63. The van der Waals surface area contributed by atoms with Crippen molar-refractivity contribution in [2.24, 2.45) is 0 Å². The van der Waals surface area contributed by atoms with E-state index in [4.69, 9.17) is 0 Å². The van der Waals surface area contributed by atoms with Crippen LogP contribution in [0.4, 0.5) is 44.7 Å². The number of nitro benzene ring substituents is 2. The van der Waals surface area contributed by atoms with E-state index < -0.39 is 56.0 Å². The van der Waals surface area contributed by atoms with Gasteiger partial charge in [-0.25, -0.2) is 8.78 Å². The minimum atomic E-state index is -5.27. The first-order valence-corrected chi connectivity index (χ1v) is 7.10. The fourth-order valence-electron chi connectivity index (χ4n) is 2.39. The third-order valence-electron chi connectivity index (χ3n) is 3.63. The number of halogens is 5. The van der Waals surface area contributed by atoms with Crippen LogP contribution < -0.4 is 5.32 Å². The number of non-ortho nitro benzene ring substituents is 1. The van der Waals surface area contributed by atoms with Gasteiger partial charge in [0.15, 0.2) is 11.6 Å². The summed E-state index contributed by atoms with van der Waals surface area (Å²) in [4.78, 5) is 19.4. The van der Waals surface area contributed by atoms with Crippen LogP contribution in [0.25, 0.3) is 0 Å². The highest BCUT2D eigenvalue weighted by molar-refractivity contribution is 5.77. The Morgan fingerprint density at radius 2 is 1.41 bits per heavy atom. The number of benzene rings is 2. The van der Waals surface area contributed by atoms with Gasteiger partial charge in [0, 0.05) is 6.07 Å². The lowest BCUT2D eigenvalue weighted by Crippen LogP contribution is -2.13. The summed E-state index contributed by atoms with van der Waals surface area (Å²) < 4.78 is 68.4. The van der Waals surface area contributed by atoms with E-state index in [1.165, 1.54) is 13.8 Å². The molecule has 12 heteroatoms. The zero-order valence-corrected chi connectivity index (χ0v) is 13.6. The van der Waals surface area contributed by atoms with Gasteiger partial charge in [-0.3, -0.25) is 20.2 Å². The second-order valence-electron chi connectivity index (χ2n) is 5.54.